The zero-order chi connectivity index (χ0) is 17.6. The van der Waals surface area contributed by atoms with E-state index in [9.17, 15) is 9.90 Å². The zero-order valence-electron chi connectivity index (χ0n) is 15.0. The van der Waals surface area contributed by atoms with Crippen LogP contribution < -0.4 is 5.32 Å². The molecule has 2 aromatic rings. The molecule has 2 N–H and O–H groups in total. The van der Waals surface area contributed by atoms with E-state index >= 15 is 0 Å². The summed E-state index contributed by atoms with van der Waals surface area (Å²) in [6.07, 6.45) is 0.838. The third-order valence-corrected chi connectivity index (χ3v) is 4.82. The van der Waals surface area contributed by atoms with Gasteiger partial charge < -0.3 is 14.8 Å². The quantitative estimate of drug-likeness (QED) is 0.856. The van der Waals surface area contributed by atoms with Crippen LogP contribution in [0.4, 0.5) is 5.69 Å². The first kappa shape index (κ1) is 16.8. The second kappa shape index (κ2) is 5.78. The lowest BCUT2D eigenvalue weighted by atomic mass is 9.75. The maximum atomic E-state index is 12.7. The lowest BCUT2D eigenvalue weighted by molar-refractivity contribution is 0.0910. The lowest BCUT2D eigenvalue weighted by Gasteiger charge is -2.31. The molecule has 1 aromatic carbocycles. The number of furan rings is 1. The number of hydrogen-bond donors (Lipinski definition) is 2. The van der Waals surface area contributed by atoms with Crippen LogP contribution in [0.2, 0.25) is 0 Å². The molecule has 1 amide bonds. The van der Waals surface area contributed by atoms with E-state index in [2.05, 4.69) is 19.2 Å². The number of hydrogen-bond acceptors (Lipinski definition) is 3. The molecule has 0 aliphatic heterocycles. The molecule has 1 atom stereocenters. The molecule has 0 saturated carbocycles. The van der Waals surface area contributed by atoms with Crippen LogP contribution in [0.25, 0.3) is 0 Å². The van der Waals surface area contributed by atoms with Crippen LogP contribution in [-0.4, -0.2) is 11.0 Å². The summed E-state index contributed by atoms with van der Waals surface area (Å²) in [4.78, 5) is 12.7. The van der Waals surface area contributed by atoms with E-state index in [0.29, 0.717) is 12.2 Å². The Morgan fingerprint density at radius 1 is 1.29 bits per heavy atom. The van der Waals surface area contributed by atoms with Gasteiger partial charge in [-0.05, 0) is 44.2 Å². The molecule has 24 heavy (non-hydrogen) atoms. The highest BCUT2D eigenvalue weighted by Crippen LogP contribution is 2.44. The predicted octanol–water partition coefficient (Wildman–Crippen LogP) is 4.46. The molecule has 1 aromatic heterocycles. The van der Waals surface area contributed by atoms with Crippen LogP contribution >= 0.6 is 0 Å². The van der Waals surface area contributed by atoms with Gasteiger partial charge in [0.1, 0.15) is 5.76 Å². The number of amides is 1. The van der Waals surface area contributed by atoms with E-state index in [1.807, 2.05) is 39.0 Å². The van der Waals surface area contributed by atoms with Gasteiger partial charge in [-0.15, -0.1) is 0 Å². The highest BCUT2D eigenvalue weighted by Gasteiger charge is 2.37. The molecule has 0 bridgehead atoms. The third kappa shape index (κ3) is 2.98. The van der Waals surface area contributed by atoms with Gasteiger partial charge in [-0.25, -0.2) is 0 Å². The Morgan fingerprint density at radius 2 is 2.00 bits per heavy atom. The Morgan fingerprint density at radius 3 is 2.67 bits per heavy atom. The Kier molecular flexibility index (Phi) is 4.04. The Labute approximate surface area is 142 Å². The fraction of sp³-hybridized carbons (Fsp3) is 0.450. The first-order valence-electron chi connectivity index (χ1n) is 8.37. The van der Waals surface area contributed by atoms with E-state index in [0.717, 1.165) is 40.1 Å². The fourth-order valence-electron chi connectivity index (χ4n) is 3.64. The normalized spacial score (nSPS) is 19.0. The first-order chi connectivity index (χ1) is 11.2. The summed E-state index contributed by atoms with van der Waals surface area (Å²) < 4.78 is 5.87. The number of carbonyl (C=O) groups excluding carboxylic acids is 1. The molecular formula is C20H25NO3. The average molecular weight is 327 g/mol. The van der Waals surface area contributed by atoms with Crippen LogP contribution in [0.3, 0.4) is 0 Å². The number of carbonyl (C=O) groups is 1. The van der Waals surface area contributed by atoms with Crippen LogP contribution in [-0.2, 0) is 6.42 Å². The van der Waals surface area contributed by atoms with E-state index in [1.54, 1.807) is 0 Å². The van der Waals surface area contributed by atoms with Crippen molar-refractivity contribution in [2.45, 2.75) is 53.6 Å². The largest absolute Gasteiger partial charge is 0.455 e. The molecule has 1 heterocycles. The highest BCUT2D eigenvalue weighted by atomic mass is 16.4. The Bertz CT molecular complexity index is 801. The second-order valence-corrected chi connectivity index (χ2v) is 7.73. The Balaban J connectivity index is 1.92. The van der Waals surface area contributed by atoms with Crippen LogP contribution in [0.5, 0.6) is 0 Å². The number of rotatable bonds is 2. The maximum absolute atomic E-state index is 12.7. The standard InChI is InChI=1S/C20H25NO3/c1-11-6-7-14(12(2)8-11)21-19(23)18-13(3)17-15(22)9-20(4,5)10-16(17)24-18/h6-8,15,22H,9-10H2,1-5H3,(H,21,23)/t15-/m0/s1. The van der Waals surface area contributed by atoms with Crippen molar-refractivity contribution in [3.8, 4) is 0 Å². The molecule has 128 valence electrons. The minimum atomic E-state index is -0.574. The molecule has 0 spiro atoms. The van der Waals surface area contributed by atoms with Crippen molar-refractivity contribution in [3.63, 3.8) is 0 Å². The van der Waals surface area contributed by atoms with Gasteiger partial charge in [-0.1, -0.05) is 31.5 Å². The number of benzene rings is 1. The van der Waals surface area contributed by atoms with Gasteiger partial charge in [-0.3, -0.25) is 4.79 Å². The summed E-state index contributed by atoms with van der Waals surface area (Å²) in [6, 6.07) is 5.90. The predicted molar refractivity (Wildman–Crippen MR) is 94.4 cm³/mol. The van der Waals surface area contributed by atoms with E-state index in [-0.39, 0.29) is 11.3 Å². The minimum absolute atomic E-state index is 0.0298. The SMILES string of the molecule is Cc1ccc(NC(=O)c2oc3c(c2C)[C@@H](O)CC(C)(C)C3)c(C)c1. The summed E-state index contributed by atoms with van der Waals surface area (Å²) in [6.45, 7) is 10.0. The summed E-state index contributed by atoms with van der Waals surface area (Å²) in [5.74, 6) is 0.776. The number of aliphatic hydroxyl groups excluding tert-OH is 1. The molecular weight excluding hydrogens is 302 g/mol. The molecule has 0 unspecified atom stereocenters. The lowest BCUT2D eigenvalue weighted by Crippen LogP contribution is -2.24. The molecule has 1 aliphatic rings. The van der Waals surface area contributed by atoms with Crippen molar-refractivity contribution in [2.75, 3.05) is 5.32 Å². The molecule has 4 nitrogen and oxygen atoms in total. The molecule has 1 aliphatic carbocycles. The number of aryl methyl sites for hydroxylation is 2. The molecule has 0 saturated heterocycles. The number of fused-ring (bicyclic) bond motifs is 1. The topological polar surface area (TPSA) is 62.5 Å². The summed E-state index contributed by atoms with van der Waals surface area (Å²) in [5.41, 5.74) is 4.45. The fourth-order valence-corrected chi connectivity index (χ4v) is 3.64. The van der Waals surface area contributed by atoms with Gasteiger partial charge in [0.05, 0.1) is 6.10 Å². The van der Waals surface area contributed by atoms with Gasteiger partial charge >= 0.3 is 0 Å². The number of anilines is 1. The first-order valence-corrected chi connectivity index (χ1v) is 8.37. The molecule has 0 fully saturated rings. The molecule has 0 radical (unpaired) electrons. The summed E-state index contributed by atoms with van der Waals surface area (Å²) >= 11 is 0. The van der Waals surface area contributed by atoms with E-state index in [1.165, 1.54) is 0 Å². The monoisotopic (exact) mass is 327 g/mol. The summed E-state index contributed by atoms with van der Waals surface area (Å²) in [5, 5.41) is 13.4. The molecule has 3 rings (SSSR count). The van der Waals surface area contributed by atoms with Gasteiger partial charge in [0, 0.05) is 23.2 Å². The Hall–Kier alpha value is -2.07. The summed E-state index contributed by atoms with van der Waals surface area (Å²) in [7, 11) is 0. The van der Waals surface area contributed by atoms with Crippen LogP contribution in [0, 0.1) is 26.2 Å². The highest BCUT2D eigenvalue weighted by molar-refractivity contribution is 6.04. The van der Waals surface area contributed by atoms with E-state index in [4.69, 9.17) is 4.42 Å². The van der Waals surface area contributed by atoms with Crippen molar-refractivity contribution in [1.29, 1.82) is 0 Å². The second-order valence-electron chi connectivity index (χ2n) is 7.73. The third-order valence-electron chi connectivity index (χ3n) is 4.82. The van der Waals surface area contributed by atoms with Crippen molar-refractivity contribution >= 4 is 11.6 Å². The van der Waals surface area contributed by atoms with Gasteiger partial charge in [0.25, 0.3) is 5.91 Å². The van der Waals surface area contributed by atoms with E-state index < -0.39 is 6.10 Å². The van der Waals surface area contributed by atoms with Crippen LogP contribution in [0.1, 0.15) is 64.9 Å². The van der Waals surface area contributed by atoms with Gasteiger partial charge in [-0.2, -0.15) is 0 Å². The van der Waals surface area contributed by atoms with Crippen LogP contribution in [0.15, 0.2) is 22.6 Å². The smallest absolute Gasteiger partial charge is 0.291 e. The molecule has 4 heteroatoms. The van der Waals surface area contributed by atoms with Crippen molar-refractivity contribution in [1.82, 2.24) is 0 Å². The number of nitrogens with one attached hydrogen (secondary N) is 1. The van der Waals surface area contributed by atoms with Gasteiger partial charge in [0.15, 0.2) is 5.76 Å². The van der Waals surface area contributed by atoms with Crippen molar-refractivity contribution in [3.05, 3.63) is 52.0 Å². The minimum Gasteiger partial charge on any atom is -0.455 e. The van der Waals surface area contributed by atoms with Crippen molar-refractivity contribution < 1.29 is 14.3 Å². The maximum Gasteiger partial charge on any atom is 0.291 e. The number of aliphatic hydroxyl groups is 1. The average Bonchev–Trinajstić information content (AvgIpc) is 2.77. The zero-order valence-corrected chi connectivity index (χ0v) is 15.0. The van der Waals surface area contributed by atoms with Gasteiger partial charge in [0.2, 0.25) is 0 Å². The van der Waals surface area contributed by atoms with Crippen molar-refractivity contribution in [2.24, 2.45) is 5.41 Å².